The number of nitrogens with zero attached hydrogens (tertiary/aromatic N) is 6. The molecule has 0 atom stereocenters. The summed E-state index contributed by atoms with van der Waals surface area (Å²) in [5.74, 6) is 0. The maximum atomic E-state index is 5.41. The van der Waals surface area contributed by atoms with Crippen molar-refractivity contribution in [1.29, 1.82) is 0 Å². The molecule has 2 aromatic rings. The fourth-order valence-corrected chi connectivity index (χ4v) is 4.85. The molecule has 0 bridgehead atoms. The number of morpholine rings is 1. The Balaban J connectivity index is 1.28. The average molecular weight is 420 g/mol. The summed E-state index contributed by atoms with van der Waals surface area (Å²) in [6.45, 7) is 14.4. The zero-order chi connectivity index (χ0) is 19.9. The molecular formula is C20H33N7OS. The molecule has 2 aliphatic heterocycles. The van der Waals surface area contributed by atoms with Crippen molar-refractivity contribution >= 4 is 16.5 Å². The third-order valence-electron chi connectivity index (χ3n) is 5.64. The summed E-state index contributed by atoms with van der Waals surface area (Å²) >= 11 is 1.69. The van der Waals surface area contributed by atoms with Crippen LogP contribution in [-0.4, -0.2) is 96.7 Å². The number of piperazine rings is 1. The summed E-state index contributed by atoms with van der Waals surface area (Å²) in [5, 5.41) is 14.5. The summed E-state index contributed by atoms with van der Waals surface area (Å²) < 4.78 is 7.57. The highest BCUT2D eigenvalue weighted by Gasteiger charge is 2.20. The van der Waals surface area contributed by atoms with E-state index in [1.807, 2.05) is 0 Å². The van der Waals surface area contributed by atoms with Crippen LogP contribution in [-0.2, 0) is 11.3 Å². The number of hydrogen-bond acceptors (Lipinski definition) is 8. The summed E-state index contributed by atoms with van der Waals surface area (Å²) in [5.41, 5.74) is 1.22. The molecule has 0 radical (unpaired) electrons. The van der Waals surface area contributed by atoms with Gasteiger partial charge in [-0.05, 0) is 25.1 Å². The minimum Gasteiger partial charge on any atom is -0.379 e. The second kappa shape index (κ2) is 10.5. The lowest BCUT2D eigenvalue weighted by Gasteiger charge is -2.33. The van der Waals surface area contributed by atoms with Gasteiger partial charge < -0.3 is 15.0 Å². The van der Waals surface area contributed by atoms with Crippen LogP contribution in [0.5, 0.6) is 0 Å². The van der Waals surface area contributed by atoms with Gasteiger partial charge in [0.1, 0.15) is 0 Å². The predicted molar refractivity (Wildman–Crippen MR) is 117 cm³/mol. The van der Waals surface area contributed by atoms with Crippen LogP contribution in [0.1, 0.15) is 19.0 Å². The van der Waals surface area contributed by atoms with Crippen molar-refractivity contribution in [2.45, 2.75) is 19.9 Å². The van der Waals surface area contributed by atoms with E-state index in [-0.39, 0.29) is 0 Å². The van der Waals surface area contributed by atoms with E-state index in [4.69, 9.17) is 4.74 Å². The average Bonchev–Trinajstić information content (AvgIpc) is 3.42. The molecule has 0 aliphatic carbocycles. The summed E-state index contributed by atoms with van der Waals surface area (Å²) in [7, 11) is 0. The van der Waals surface area contributed by atoms with E-state index in [1.165, 1.54) is 18.7 Å². The van der Waals surface area contributed by atoms with E-state index in [9.17, 15) is 0 Å². The summed E-state index contributed by atoms with van der Waals surface area (Å²) in [4.78, 5) is 7.36. The number of hydrogen-bond donors (Lipinski definition) is 1. The Labute approximate surface area is 177 Å². The summed E-state index contributed by atoms with van der Waals surface area (Å²) in [6.07, 6.45) is 3.31. The van der Waals surface area contributed by atoms with Crippen LogP contribution in [0.25, 0.3) is 5.13 Å². The number of anilines is 1. The molecular weight excluding hydrogens is 386 g/mol. The Bertz CT molecular complexity index is 735. The molecule has 2 saturated heterocycles. The molecule has 2 fully saturated rings. The lowest BCUT2D eigenvalue weighted by Crippen LogP contribution is -2.46. The first-order valence-electron chi connectivity index (χ1n) is 10.8. The first-order chi connectivity index (χ1) is 14.3. The van der Waals surface area contributed by atoms with Gasteiger partial charge in [0, 0.05) is 70.8 Å². The highest BCUT2D eigenvalue weighted by atomic mass is 32.1. The third kappa shape index (κ3) is 5.55. The van der Waals surface area contributed by atoms with Crippen LogP contribution < -0.4 is 10.2 Å². The smallest absolute Gasteiger partial charge is 0.218 e. The van der Waals surface area contributed by atoms with Crippen LogP contribution >= 0.6 is 11.3 Å². The van der Waals surface area contributed by atoms with Gasteiger partial charge in [0.05, 0.1) is 13.2 Å². The number of nitrogens with one attached hydrogen (secondary N) is 1. The molecule has 0 saturated carbocycles. The van der Waals surface area contributed by atoms with Gasteiger partial charge in [0.2, 0.25) is 10.3 Å². The number of rotatable bonds is 9. The molecule has 0 unspecified atom stereocenters. The lowest BCUT2D eigenvalue weighted by atomic mass is 10.3. The van der Waals surface area contributed by atoms with Crippen LogP contribution in [0.4, 0.5) is 5.13 Å². The van der Waals surface area contributed by atoms with E-state index in [0.29, 0.717) is 0 Å². The molecule has 2 aromatic heterocycles. The largest absolute Gasteiger partial charge is 0.379 e. The van der Waals surface area contributed by atoms with Crippen molar-refractivity contribution in [3.05, 3.63) is 24.0 Å². The van der Waals surface area contributed by atoms with Crippen molar-refractivity contribution in [2.75, 3.05) is 77.0 Å². The highest BCUT2D eigenvalue weighted by molar-refractivity contribution is 7.17. The molecule has 2 aliphatic rings. The van der Waals surface area contributed by atoms with Gasteiger partial charge >= 0.3 is 0 Å². The Morgan fingerprint density at radius 1 is 1.00 bits per heavy atom. The lowest BCUT2D eigenvalue weighted by molar-refractivity contribution is 0.0384. The monoisotopic (exact) mass is 419 g/mol. The van der Waals surface area contributed by atoms with Gasteiger partial charge in [-0.1, -0.05) is 18.3 Å². The van der Waals surface area contributed by atoms with Crippen LogP contribution in [0.3, 0.4) is 0 Å². The first-order valence-corrected chi connectivity index (χ1v) is 11.6. The van der Waals surface area contributed by atoms with Gasteiger partial charge in [0.15, 0.2) is 0 Å². The zero-order valence-electron chi connectivity index (χ0n) is 17.4. The molecule has 1 N–H and O–H groups in total. The first kappa shape index (κ1) is 20.7. The Kier molecular flexibility index (Phi) is 7.50. The van der Waals surface area contributed by atoms with Gasteiger partial charge in [0.25, 0.3) is 0 Å². The van der Waals surface area contributed by atoms with E-state index in [1.54, 1.807) is 11.3 Å². The van der Waals surface area contributed by atoms with Gasteiger partial charge in [-0.15, -0.1) is 10.2 Å². The van der Waals surface area contributed by atoms with Crippen molar-refractivity contribution in [3.63, 3.8) is 0 Å². The Morgan fingerprint density at radius 3 is 2.55 bits per heavy atom. The normalized spacial score (nSPS) is 19.1. The molecule has 0 aromatic carbocycles. The van der Waals surface area contributed by atoms with Gasteiger partial charge in [-0.3, -0.25) is 14.4 Å². The minimum absolute atomic E-state index is 0.835. The van der Waals surface area contributed by atoms with Crippen LogP contribution in [0, 0.1) is 0 Å². The van der Waals surface area contributed by atoms with E-state index >= 15 is 0 Å². The maximum Gasteiger partial charge on any atom is 0.218 e. The number of aromatic nitrogens is 3. The molecule has 0 spiro atoms. The van der Waals surface area contributed by atoms with Crippen LogP contribution in [0.2, 0.25) is 0 Å². The van der Waals surface area contributed by atoms with Crippen molar-refractivity contribution in [3.8, 4) is 5.13 Å². The van der Waals surface area contributed by atoms with E-state index < -0.39 is 0 Å². The molecule has 160 valence electrons. The van der Waals surface area contributed by atoms with E-state index in [0.717, 1.165) is 82.4 Å². The SMILES string of the molecule is CCCN1CCN(c2nnc(-n3cccc3CNCCN3CCOCC3)s2)CC1. The van der Waals surface area contributed by atoms with E-state index in [2.05, 4.69) is 60.0 Å². The fourth-order valence-electron chi connectivity index (χ4n) is 3.94. The molecule has 8 nitrogen and oxygen atoms in total. The third-order valence-corrected chi connectivity index (χ3v) is 6.62. The summed E-state index contributed by atoms with van der Waals surface area (Å²) in [6, 6.07) is 4.25. The van der Waals surface area contributed by atoms with Gasteiger partial charge in [-0.2, -0.15) is 0 Å². The van der Waals surface area contributed by atoms with Crippen molar-refractivity contribution < 1.29 is 4.74 Å². The Hall–Kier alpha value is -1.52. The minimum atomic E-state index is 0.835. The Morgan fingerprint density at radius 2 is 1.76 bits per heavy atom. The predicted octanol–water partition coefficient (Wildman–Crippen LogP) is 1.28. The van der Waals surface area contributed by atoms with Crippen molar-refractivity contribution in [1.82, 2.24) is 29.9 Å². The number of ether oxygens (including phenoxy) is 1. The second-order valence-electron chi connectivity index (χ2n) is 7.70. The standard InChI is InChI=1S/C20H33N7OS/c1-2-6-24-9-11-26(12-10-24)19-22-23-20(29-19)27-7-3-4-18(27)17-21-5-8-25-13-15-28-16-14-25/h3-4,7,21H,2,5-6,8-17H2,1H3. The molecule has 29 heavy (non-hydrogen) atoms. The highest BCUT2D eigenvalue weighted by Crippen LogP contribution is 2.25. The quantitative estimate of drug-likeness (QED) is 0.615. The molecule has 9 heteroatoms. The molecule has 4 rings (SSSR count). The van der Waals surface area contributed by atoms with Gasteiger partial charge in [-0.25, -0.2) is 0 Å². The maximum absolute atomic E-state index is 5.41. The fraction of sp³-hybridized carbons (Fsp3) is 0.700. The molecule has 4 heterocycles. The second-order valence-corrected chi connectivity index (χ2v) is 8.63. The zero-order valence-corrected chi connectivity index (χ0v) is 18.2. The topological polar surface area (TPSA) is 61.7 Å². The molecule has 0 amide bonds. The van der Waals surface area contributed by atoms with Crippen molar-refractivity contribution in [2.24, 2.45) is 0 Å². The van der Waals surface area contributed by atoms with Crippen LogP contribution in [0.15, 0.2) is 18.3 Å².